The number of carbonyl (C=O) groups is 1. The number of benzene rings is 1. The minimum atomic E-state index is -0.171. The average Bonchev–Trinajstić information content (AvgIpc) is 3.37. The summed E-state index contributed by atoms with van der Waals surface area (Å²) in [6.07, 6.45) is 0. The van der Waals surface area contributed by atoms with E-state index in [2.05, 4.69) is 37.3 Å². The molecule has 0 radical (unpaired) electrons. The van der Waals surface area contributed by atoms with E-state index in [0.29, 0.717) is 24.7 Å². The van der Waals surface area contributed by atoms with E-state index in [1.807, 2.05) is 31.2 Å². The van der Waals surface area contributed by atoms with Crippen LogP contribution in [0.4, 0.5) is 0 Å². The van der Waals surface area contributed by atoms with Gasteiger partial charge in [-0.3, -0.25) is 9.89 Å². The Morgan fingerprint density at radius 3 is 2.67 bits per heavy atom. The van der Waals surface area contributed by atoms with Crippen LogP contribution in [-0.4, -0.2) is 65.9 Å². The van der Waals surface area contributed by atoms with Gasteiger partial charge in [0.1, 0.15) is 18.1 Å². The van der Waals surface area contributed by atoms with Crippen molar-refractivity contribution in [1.29, 1.82) is 0 Å². The number of likely N-dealkylation sites (tertiary alicyclic amines) is 1. The van der Waals surface area contributed by atoms with Crippen LogP contribution in [0.15, 0.2) is 29.3 Å². The van der Waals surface area contributed by atoms with Gasteiger partial charge in [-0.15, -0.1) is 24.0 Å². The summed E-state index contributed by atoms with van der Waals surface area (Å²) in [7, 11) is 3.07. The third-order valence-electron chi connectivity index (χ3n) is 5.01. The predicted octanol–water partition coefficient (Wildman–Crippen LogP) is 2.30. The number of rotatable bonds is 6. The number of guanidine groups is 1. The fourth-order valence-electron chi connectivity index (χ4n) is 3.41. The Bertz CT molecular complexity index is 854. The third-order valence-corrected chi connectivity index (χ3v) is 5.01. The summed E-state index contributed by atoms with van der Waals surface area (Å²) in [5.41, 5.74) is 0.901. The van der Waals surface area contributed by atoms with Crippen molar-refractivity contribution in [3.05, 3.63) is 30.1 Å². The first-order chi connectivity index (χ1) is 14.0. The SMILES string of the molecule is CCNC(=NCc1nc(-c2ccc(OC)cc2)n[nH]1)N1CC(C)C(C(=O)OC)C1.I. The number of carbonyl (C=O) groups excluding carboxylic acids is 1. The standard InChI is InChI=1S/C20H28N6O3.HI/c1-5-21-20(26-11-13(2)16(12-26)19(27)29-4)22-10-17-23-18(25-24-17)14-6-8-15(28-3)9-7-14;/h6-9,13,16H,5,10-12H2,1-4H3,(H,21,22)(H,23,24,25);1H. The van der Waals surface area contributed by atoms with E-state index in [9.17, 15) is 4.79 Å². The Labute approximate surface area is 193 Å². The zero-order chi connectivity index (χ0) is 20.8. The number of aliphatic imine (C=N–C) groups is 1. The second-order valence-corrected chi connectivity index (χ2v) is 7.02. The number of nitrogens with one attached hydrogen (secondary N) is 2. The van der Waals surface area contributed by atoms with E-state index in [-0.39, 0.29) is 41.8 Å². The van der Waals surface area contributed by atoms with Crippen LogP contribution in [0.3, 0.4) is 0 Å². The molecule has 1 aliphatic heterocycles. The van der Waals surface area contributed by atoms with Crippen molar-refractivity contribution in [2.75, 3.05) is 33.9 Å². The maximum Gasteiger partial charge on any atom is 0.310 e. The molecular weight excluding hydrogens is 499 g/mol. The Kier molecular flexibility index (Phi) is 8.88. The topological polar surface area (TPSA) is 105 Å². The molecule has 3 rings (SSSR count). The van der Waals surface area contributed by atoms with Crippen molar-refractivity contribution >= 4 is 35.9 Å². The maximum absolute atomic E-state index is 12.0. The van der Waals surface area contributed by atoms with Crippen LogP contribution in [0, 0.1) is 11.8 Å². The van der Waals surface area contributed by atoms with Crippen LogP contribution < -0.4 is 10.1 Å². The molecule has 1 fully saturated rings. The summed E-state index contributed by atoms with van der Waals surface area (Å²) in [4.78, 5) is 23.3. The molecule has 0 bridgehead atoms. The number of hydrogen-bond acceptors (Lipinski definition) is 6. The Hall–Kier alpha value is -2.37. The molecule has 9 nitrogen and oxygen atoms in total. The van der Waals surface area contributed by atoms with E-state index < -0.39 is 0 Å². The first kappa shape index (κ1) is 23.9. The van der Waals surface area contributed by atoms with Crippen molar-refractivity contribution in [3.8, 4) is 17.1 Å². The van der Waals surface area contributed by atoms with Gasteiger partial charge in [-0.1, -0.05) is 6.92 Å². The summed E-state index contributed by atoms with van der Waals surface area (Å²) in [5.74, 6) is 2.72. The van der Waals surface area contributed by atoms with Crippen LogP contribution in [0.5, 0.6) is 5.75 Å². The average molecular weight is 528 g/mol. The monoisotopic (exact) mass is 528 g/mol. The van der Waals surface area contributed by atoms with Gasteiger partial charge in [0.05, 0.1) is 20.1 Å². The highest BCUT2D eigenvalue weighted by Gasteiger charge is 2.36. The summed E-state index contributed by atoms with van der Waals surface area (Å²) in [6, 6.07) is 7.58. The lowest BCUT2D eigenvalue weighted by Crippen LogP contribution is -2.40. The minimum Gasteiger partial charge on any atom is -0.497 e. The second kappa shape index (κ2) is 11.1. The van der Waals surface area contributed by atoms with Crippen molar-refractivity contribution in [2.24, 2.45) is 16.8 Å². The number of H-pyrrole nitrogens is 1. The lowest BCUT2D eigenvalue weighted by Gasteiger charge is -2.21. The van der Waals surface area contributed by atoms with E-state index in [1.165, 1.54) is 7.11 Å². The molecule has 2 atom stereocenters. The largest absolute Gasteiger partial charge is 0.497 e. The molecular formula is C20H29IN6O3. The van der Waals surface area contributed by atoms with E-state index in [1.54, 1.807) is 7.11 Å². The number of aromatic amines is 1. The van der Waals surface area contributed by atoms with Crippen LogP contribution >= 0.6 is 24.0 Å². The van der Waals surface area contributed by atoms with E-state index >= 15 is 0 Å². The molecule has 2 N–H and O–H groups in total. The second-order valence-electron chi connectivity index (χ2n) is 7.02. The van der Waals surface area contributed by atoms with Crippen LogP contribution in [0.2, 0.25) is 0 Å². The van der Waals surface area contributed by atoms with Crippen LogP contribution in [0.25, 0.3) is 11.4 Å². The number of hydrogen-bond donors (Lipinski definition) is 2. The fourth-order valence-corrected chi connectivity index (χ4v) is 3.41. The molecule has 2 unspecified atom stereocenters. The van der Waals surface area contributed by atoms with Crippen LogP contribution in [-0.2, 0) is 16.1 Å². The first-order valence-electron chi connectivity index (χ1n) is 9.72. The van der Waals surface area contributed by atoms with Gasteiger partial charge < -0.3 is 19.7 Å². The molecule has 0 amide bonds. The van der Waals surface area contributed by atoms with E-state index in [0.717, 1.165) is 30.4 Å². The van der Waals surface area contributed by atoms with Crippen molar-refractivity contribution in [1.82, 2.24) is 25.4 Å². The summed E-state index contributed by atoms with van der Waals surface area (Å²) in [6.45, 7) is 6.51. The Morgan fingerprint density at radius 1 is 1.30 bits per heavy atom. The molecule has 0 aliphatic carbocycles. The van der Waals surface area contributed by atoms with E-state index in [4.69, 9.17) is 9.47 Å². The molecule has 1 saturated heterocycles. The molecule has 10 heteroatoms. The molecule has 1 aromatic carbocycles. The smallest absolute Gasteiger partial charge is 0.310 e. The van der Waals surface area contributed by atoms with Gasteiger partial charge in [-0.05, 0) is 37.1 Å². The van der Waals surface area contributed by atoms with Gasteiger partial charge in [-0.25, -0.2) is 9.98 Å². The maximum atomic E-state index is 12.0. The van der Waals surface area contributed by atoms with Gasteiger partial charge in [0.25, 0.3) is 0 Å². The molecule has 1 aliphatic rings. The molecule has 0 spiro atoms. The Morgan fingerprint density at radius 2 is 2.03 bits per heavy atom. The van der Waals surface area contributed by atoms with Gasteiger partial charge in [-0.2, -0.15) is 5.10 Å². The highest BCUT2D eigenvalue weighted by Crippen LogP contribution is 2.24. The molecule has 1 aromatic heterocycles. The highest BCUT2D eigenvalue weighted by molar-refractivity contribution is 14.0. The third kappa shape index (κ3) is 5.61. The van der Waals surface area contributed by atoms with Gasteiger partial charge in [0.2, 0.25) is 0 Å². The van der Waals surface area contributed by atoms with Crippen molar-refractivity contribution in [2.45, 2.75) is 20.4 Å². The highest BCUT2D eigenvalue weighted by atomic mass is 127. The zero-order valence-corrected chi connectivity index (χ0v) is 20.0. The van der Waals surface area contributed by atoms with Gasteiger partial charge >= 0.3 is 5.97 Å². The van der Waals surface area contributed by atoms with Crippen molar-refractivity contribution < 1.29 is 14.3 Å². The number of aromatic nitrogens is 3. The summed E-state index contributed by atoms with van der Waals surface area (Å²) < 4.78 is 10.1. The molecule has 0 saturated carbocycles. The fraction of sp³-hybridized carbons (Fsp3) is 0.500. The lowest BCUT2D eigenvalue weighted by atomic mass is 9.99. The molecule has 2 aromatic rings. The summed E-state index contributed by atoms with van der Waals surface area (Å²) >= 11 is 0. The van der Waals surface area contributed by atoms with Gasteiger partial charge in [0.15, 0.2) is 11.8 Å². The predicted molar refractivity (Wildman–Crippen MR) is 125 cm³/mol. The number of ether oxygens (including phenoxy) is 2. The lowest BCUT2D eigenvalue weighted by molar-refractivity contribution is -0.145. The quantitative estimate of drug-likeness (QED) is 0.257. The molecule has 2 heterocycles. The number of nitrogens with zero attached hydrogens (tertiary/aromatic N) is 4. The number of esters is 1. The Balaban J connectivity index is 0.00000320. The van der Waals surface area contributed by atoms with Crippen molar-refractivity contribution in [3.63, 3.8) is 0 Å². The first-order valence-corrected chi connectivity index (χ1v) is 9.72. The number of halogens is 1. The van der Waals surface area contributed by atoms with Gasteiger partial charge in [0, 0.05) is 25.2 Å². The summed E-state index contributed by atoms with van der Waals surface area (Å²) in [5, 5.41) is 10.5. The number of methoxy groups -OCH3 is 2. The molecule has 164 valence electrons. The van der Waals surface area contributed by atoms with Crippen LogP contribution in [0.1, 0.15) is 19.7 Å². The normalized spacial score (nSPS) is 18.7. The zero-order valence-electron chi connectivity index (χ0n) is 17.7. The molecule has 30 heavy (non-hydrogen) atoms. The minimum absolute atomic E-state index is 0.